The van der Waals surface area contributed by atoms with Gasteiger partial charge in [-0.15, -0.1) is 0 Å². The van der Waals surface area contributed by atoms with E-state index in [1.807, 2.05) is 13.8 Å². The molecule has 2 aromatic rings. The molecule has 0 saturated carbocycles. The molecule has 0 unspecified atom stereocenters. The normalized spacial score (nSPS) is 10.9. The molecule has 0 aliphatic heterocycles. The second-order valence-corrected chi connectivity index (χ2v) is 16.5. The molecule has 0 bridgehead atoms. The van der Waals surface area contributed by atoms with Crippen LogP contribution in [0, 0.1) is 0 Å². The minimum atomic E-state index is -4.43. The third kappa shape index (κ3) is 7.31. The van der Waals surface area contributed by atoms with E-state index in [2.05, 4.69) is 0 Å². The van der Waals surface area contributed by atoms with E-state index in [4.69, 9.17) is 6.15 Å². The summed E-state index contributed by atoms with van der Waals surface area (Å²) in [6.07, 6.45) is 2.97. The van der Waals surface area contributed by atoms with Crippen molar-refractivity contribution in [1.82, 2.24) is 0 Å². The summed E-state index contributed by atoms with van der Waals surface area (Å²) < 4.78 is 12.3. The van der Waals surface area contributed by atoms with Gasteiger partial charge in [0.1, 0.15) is 0 Å². The molecule has 7 heteroatoms. The first-order valence-electron chi connectivity index (χ1n) is 10.6. The van der Waals surface area contributed by atoms with E-state index in [0.29, 0.717) is 21.7 Å². The fourth-order valence-corrected chi connectivity index (χ4v) is 12.6. The Morgan fingerprint density at radius 2 is 1.00 bits per heavy atom. The van der Waals surface area contributed by atoms with Gasteiger partial charge >= 0.3 is 188 Å². The molecular weight excluding hydrogens is 503 g/mol. The van der Waals surface area contributed by atoms with Crippen molar-refractivity contribution >= 4 is 42.7 Å². The van der Waals surface area contributed by atoms with Crippen LogP contribution in [0.4, 0.5) is 0 Å². The molecule has 0 N–H and O–H groups in total. The fraction of sp³-hybridized carbons (Fsp3) is 0.333. The van der Waals surface area contributed by atoms with Gasteiger partial charge in [0.2, 0.25) is 0 Å². The summed E-state index contributed by atoms with van der Waals surface area (Å²) in [6, 6.07) is 16.2. The van der Waals surface area contributed by atoms with Crippen LogP contribution >= 0.6 is 0 Å². The summed E-state index contributed by atoms with van der Waals surface area (Å²) in [5, 5.41) is 0. The van der Waals surface area contributed by atoms with Crippen molar-refractivity contribution in [1.29, 1.82) is 0 Å². The van der Waals surface area contributed by atoms with E-state index in [9.17, 15) is 19.2 Å². The monoisotopic (exact) mass is 532 g/mol. The zero-order valence-electron chi connectivity index (χ0n) is 18.0. The standard InChI is InChI=1S/2C8H6O3.2C4H9.Sn/c2*9-7(8(10)11)6-4-2-1-3-5-6;2*1-3-4-2;/h2*1-5H,(H,10,11);2*1,3-4H2,2H3;/q;;;;+2/p-2. The van der Waals surface area contributed by atoms with Crippen LogP contribution < -0.4 is 0 Å². The first kappa shape index (κ1) is 24.8. The summed E-state index contributed by atoms with van der Waals surface area (Å²) in [4.78, 5) is 50.5. The van der Waals surface area contributed by atoms with E-state index >= 15 is 0 Å². The molecule has 0 aromatic heterocycles. The van der Waals surface area contributed by atoms with Crippen LogP contribution in [-0.2, 0) is 15.7 Å². The number of Topliss-reactive ketones (excluding diaryl/α,β-unsaturated/α-hetero) is 2. The molecule has 0 spiro atoms. The maximum absolute atomic E-state index is 12.7. The van der Waals surface area contributed by atoms with Crippen molar-refractivity contribution in [2.24, 2.45) is 0 Å². The van der Waals surface area contributed by atoms with Gasteiger partial charge in [0.15, 0.2) is 0 Å². The average molecular weight is 531 g/mol. The molecule has 0 fully saturated rings. The molecule has 0 aliphatic carbocycles. The number of ketones is 2. The van der Waals surface area contributed by atoms with Gasteiger partial charge in [-0.1, -0.05) is 0 Å². The second-order valence-electron chi connectivity index (χ2n) is 7.29. The summed E-state index contributed by atoms with van der Waals surface area (Å²) in [5.41, 5.74) is 0.427. The molecule has 2 rings (SSSR count). The molecule has 0 heterocycles. The summed E-state index contributed by atoms with van der Waals surface area (Å²) >= 11 is -4.43. The first-order chi connectivity index (χ1) is 14.9. The van der Waals surface area contributed by atoms with Crippen molar-refractivity contribution in [3.8, 4) is 0 Å². The zero-order valence-corrected chi connectivity index (χ0v) is 20.8. The molecule has 0 radical (unpaired) electrons. The van der Waals surface area contributed by atoms with Gasteiger partial charge in [-0.05, 0) is 0 Å². The Hall–Kier alpha value is -2.48. The van der Waals surface area contributed by atoms with Crippen LogP contribution in [0.1, 0.15) is 60.2 Å². The number of hydrogen-bond acceptors (Lipinski definition) is 6. The number of rotatable bonds is 12. The van der Waals surface area contributed by atoms with E-state index < -0.39 is 42.7 Å². The Labute approximate surface area is 187 Å². The molecule has 0 aliphatic rings. The Morgan fingerprint density at radius 1 is 0.645 bits per heavy atom. The minimum absolute atomic E-state index is 0.213. The molecule has 0 saturated heterocycles. The molecule has 2 aromatic carbocycles. The maximum atomic E-state index is 12.7. The van der Waals surface area contributed by atoms with Crippen LogP contribution in [-0.4, -0.2) is 42.7 Å². The van der Waals surface area contributed by atoms with E-state index in [1.54, 1.807) is 36.4 Å². The topological polar surface area (TPSA) is 86.7 Å². The second kappa shape index (κ2) is 12.4. The summed E-state index contributed by atoms with van der Waals surface area (Å²) in [5.74, 6) is -3.59. The van der Waals surface area contributed by atoms with E-state index in [-0.39, 0.29) is 11.1 Å². The number of benzene rings is 2. The third-order valence-electron chi connectivity index (χ3n) is 4.82. The number of carbonyl (C=O) groups excluding carboxylic acids is 4. The Bertz CT molecular complexity index is 819. The predicted octanol–water partition coefficient (Wildman–Crippen LogP) is 4.88. The van der Waals surface area contributed by atoms with Crippen molar-refractivity contribution in [3.63, 3.8) is 0 Å². The van der Waals surface area contributed by atoms with Gasteiger partial charge in [0.25, 0.3) is 0 Å². The van der Waals surface area contributed by atoms with Crippen molar-refractivity contribution in [2.75, 3.05) is 0 Å². The Kier molecular flexibility index (Phi) is 9.91. The fourth-order valence-electron chi connectivity index (χ4n) is 3.09. The number of unbranched alkanes of at least 4 members (excludes halogenated alkanes) is 2. The molecule has 0 atom stereocenters. The predicted molar refractivity (Wildman–Crippen MR) is 119 cm³/mol. The van der Waals surface area contributed by atoms with Crippen LogP contribution in [0.5, 0.6) is 0 Å². The van der Waals surface area contributed by atoms with Gasteiger partial charge < -0.3 is 0 Å². The molecule has 164 valence electrons. The van der Waals surface area contributed by atoms with Crippen molar-refractivity contribution in [2.45, 2.75) is 48.4 Å². The number of hydrogen-bond donors (Lipinski definition) is 0. The Morgan fingerprint density at radius 3 is 1.32 bits per heavy atom. The van der Waals surface area contributed by atoms with Crippen LogP contribution in [0.15, 0.2) is 60.7 Å². The van der Waals surface area contributed by atoms with Gasteiger partial charge in [0, 0.05) is 0 Å². The zero-order chi connectivity index (χ0) is 22.7. The van der Waals surface area contributed by atoms with Crippen molar-refractivity contribution < 1.29 is 25.3 Å². The number of carbonyl (C=O) groups is 4. The molecule has 0 amide bonds. The summed E-state index contributed by atoms with van der Waals surface area (Å²) in [6.45, 7) is 3.95. The van der Waals surface area contributed by atoms with E-state index in [1.165, 1.54) is 24.3 Å². The van der Waals surface area contributed by atoms with E-state index in [0.717, 1.165) is 12.8 Å². The van der Waals surface area contributed by atoms with Gasteiger partial charge in [0.05, 0.1) is 0 Å². The molecule has 6 nitrogen and oxygen atoms in total. The Balaban J connectivity index is 2.28. The SMILES string of the molecule is CCC[CH2][Sn]([CH2]CCC)([O]C(=O)C(=O)c1ccccc1)[O]C(=O)C(=O)c1ccccc1. The van der Waals surface area contributed by atoms with Crippen LogP contribution in [0.2, 0.25) is 8.87 Å². The average Bonchev–Trinajstić information content (AvgIpc) is 2.81. The van der Waals surface area contributed by atoms with Gasteiger partial charge in [-0.3, -0.25) is 0 Å². The molecule has 31 heavy (non-hydrogen) atoms. The van der Waals surface area contributed by atoms with Crippen molar-refractivity contribution in [3.05, 3.63) is 71.8 Å². The molecular formula is C24H28O6Sn. The third-order valence-corrected chi connectivity index (χ3v) is 14.4. The quantitative estimate of drug-likeness (QED) is 0.221. The van der Waals surface area contributed by atoms with Gasteiger partial charge in [-0.25, -0.2) is 0 Å². The summed E-state index contributed by atoms with van der Waals surface area (Å²) in [7, 11) is 0. The first-order valence-corrected chi connectivity index (χ1v) is 16.9. The van der Waals surface area contributed by atoms with Gasteiger partial charge in [-0.2, -0.15) is 0 Å². The van der Waals surface area contributed by atoms with Crippen LogP contribution in [0.25, 0.3) is 0 Å². The van der Waals surface area contributed by atoms with Crippen LogP contribution in [0.3, 0.4) is 0 Å².